The molecule has 3 rings (SSSR count). The lowest BCUT2D eigenvalue weighted by atomic mass is 9.75. The Morgan fingerprint density at radius 1 is 1.20 bits per heavy atom. The average Bonchev–Trinajstić information content (AvgIpc) is 2.44. The van der Waals surface area contributed by atoms with Crippen LogP contribution in [0.4, 0.5) is 0 Å². The van der Waals surface area contributed by atoms with Gasteiger partial charge in [0.1, 0.15) is 0 Å². The van der Waals surface area contributed by atoms with Crippen molar-refractivity contribution in [1.29, 1.82) is 0 Å². The Kier molecular flexibility index (Phi) is 4.76. The Bertz CT molecular complexity index is 442. The second kappa shape index (κ2) is 6.56. The second-order valence-corrected chi connectivity index (χ2v) is 6.80. The topological polar surface area (TPSA) is 24.5 Å². The lowest BCUT2D eigenvalue weighted by molar-refractivity contribution is -0.0663. The largest absolute Gasteiger partial charge is 0.379 e. The zero-order valence-electron chi connectivity index (χ0n) is 11.9. The Morgan fingerprint density at radius 3 is 2.60 bits per heavy atom. The van der Waals surface area contributed by atoms with Gasteiger partial charge in [-0.05, 0) is 31.0 Å². The van der Waals surface area contributed by atoms with Gasteiger partial charge in [0.05, 0.1) is 13.2 Å². The molecule has 3 nitrogen and oxygen atoms in total. The number of piperazine rings is 1. The van der Waals surface area contributed by atoms with Crippen LogP contribution in [0, 0.1) is 0 Å². The minimum atomic E-state index is 0.244. The summed E-state index contributed by atoms with van der Waals surface area (Å²) >= 11 is 3.70. The summed E-state index contributed by atoms with van der Waals surface area (Å²) in [6.07, 6.45) is 2.48. The molecule has 0 amide bonds. The molecule has 0 radical (unpaired) electrons. The second-order valence-electron chi connectivity index (χ2n) is 5.95. The number of benzene rings is 1. The van der Waals surface area contributed by atoms with Crippen LogP contribution >= 0.6 is 15.9 Å². The molecule has 110 valence electrons. The Morgan fingerprint density at radius 2 is 1.95 bits per heavy atom. The fraction of sp³-hybridized carbons (Fsp3) is 0.625. The Labute approximate surface area is 129 Å². The Balaban J connectivity index is 1.58. The van der Waals surface area contributed by atoms with E-state index < -0.39 is 0 Å². The van der Waals surface area contributed by atoms with E-state index in [1.165, 1.54) is 42.5 Å². The van der Waals surface area contributed by atoms with Gasteiger partial charge in [0.25, 0.3) is 0 Å². The molecule has 0 unspecified atom stereocenters. The third-order valence-electron chi connectivity index (χ3n) is 4.54. The van der Waals surface area contributed by atoms with Crippen LogP contribution in [-0.2, 0) is 10.2 Å². The van der Waals surface area contributed by atoms with E-state index in [1.54, 1.807) is 0 Å². The molecule has 0 bridgehead atoms. The summed E-state index contributed by atoms with van der Waals surface area (Å²) in [4.78, 5) is 2.57. The van der Waals surface area contributed by atoms with Gasteiger partial charge in [-0.3, -0.25) is 0 Å². The van der Waals surface area contributed by atoms with Gasteiger partial charge in [0, 0.05) is 36.1 Å². The number of hydrogen-bond donors (Lipinski definition) is 1. The molecule has 2 aliphatic heterocycles. The number of ether oxygens (including phenoxy) is 1. The maximum Gasteiger partial charge on any atom is 0.0586 e. The van der Waals surface area contributed by atoms with Gasteiger partial charge in [-0.25, -0.2) is 0 Å². The van der Waals surface area contributed by atoms with Crippen molar-refractivity contribution in [3.05, 3.63) is 34.3 Å². The summed E-state index contributed by atoms with van der Waals surface area (Å²) in [6.45, 7) is 7.62. The molecule has 0 aliphatic carbocycles. The first kappa shape index (κ1) is 14.5. The van der Waals surface area contributed by atoms with E-state index >= 15 is 0 Å². The van der Waals surface area contributed by atoms with Crippen LogP contribution in [0.5, 0.6) is 0 Å². The molecule has 0 saturated carbocycles. The predicted octanol–water partition coefficient (Wildman–Crippen LogP) is 2.40. The molecule has 2 fully saturated rings. The number of halogens is 1. The van der Waals surface area contributed by atoms with E-state index in [0.29, 0.717) is 0 Å². The highest BCUT2D eigenvalue weighted by molar-refractivity contribution is 9.10. The van der Waals surface area contributed by atoms with Crippen LogP contribution in [0.15, 0.2) is 28.7 Å². The van der Waals surface area contributed by atoms with Gasteiger partial charge in [-0.15, -0.1) is 0 Å². The van der Waals surface area contributed by atoms with Crippen molar-refractivity contribution in [2.45, 2.75) is 18.3 Å². The molecule has 0 atom stereocenters. The van der Waals surface area contributed by atoms with Gasteiger partial charge in [-0.1, -0.05) is 34.1 Å². The lowest BCUT2D eigenvalue weighted by Crippen LogP contribution is -2.48. The summed E-state index contributed by atoms with van der Waals surface area (Å²) in [6, 6.07) is 8.61. The van der Waals surface area contributed by atoms with Gasteiger partial charge in [-0.2, -0.15) is 0 Å². The van der Waals surface area contributed by atoms with Crippen LogP contribution in [-0.4, -0.2) is 50.8 Å². The molecule has 2 heterocycles. The molecule has 0 spiro atoms. The van der Waals surface area contributed by atoms with Gasteiger partial charge in [0.15, 0.2) is 0 Å². The van der Waals surface area contributed by atoms with E-state index in [2.05, 4.69) is 50.4 Å². The van der Waals surface area contributed by atoms with E-state index in [4.69, 9.17) is 4.74 Å². The minimum absolute atomic E-state index is 0.244. The SMILES string of the molecule is Brc1ccccc1C1(CCCN2CCNCC2)COC1. The Hall–Kier alpha value is -0.420. The van der Waals surface area contributed by atoms with Crippen molar-refractivity contribution in [1.82, 2.24) is 10.2 Å². The number of nitrogens with one attached hydrogen (secondary N) is 1. The highest BCUT2D eigenvalue weighted by atomic mass is 79.9. The lowest BCUT2D eigenvalue weighted by Gasteiger charge is -2.43. The highest BCUT2D eigenvalue weighted by Crippen LogP contribution is 2.40. The van der Waals surface area contributed by atoms with Crippen molar-refractivity contribution in [3.8, 4) is 0 Å². The third kappa shape index (κ3) is 3.08. The van der Waals surface area contributed by atoms with E-state index in [-0.39, 0.29) is 5.41 Å². The van der Waals surface area contributed by atoms with Crippen molar-refractivity contribution in [2.75, 3.05) is 45.9 Å². The van der Waals surface area contributed by atoms with Crippen LogP contribution in [0.25, 0.3) is 0 Å². The quantitative estimate of drug-likeness (QED) is 0.892. The van der Waals surface area contributed by atoms with Gasteiger partial charge < -0.3 is 15.0 Å². The third-order valence-corrected chi connectivity index (χ3v) is 5.23. The normalized spacial score (nSPS) is 22.4. The standard InChI is InChI=1S/C16H23BrN2O/c17-15-5-2-1-4-14(15)16(12-20-13-16)6-3-9-19-10-7-18-8-11-19/h1-2,4-5,18H,3,6-13H2. The van der Waals surface area contributed by atoms with Crippen molar-refractivity contribution in [2.24, 2.45) is 0 Å². The van der Waals surface area contributed by atoms with Gasteiger partial charge >= 0.3 is 0 Å². The number of rotatable bonds is 5. The van der Waals surface area contributed by atoms with Crippen LogP contribution in [0.3, 0.4) is 0 Å². The molecule has 2 saturated heterocycles. The summed E-state index contributed by atoms with van der Waals surface area (Å²) < 4.78 is 6.77. The maximum atomic E-state index is 5.55. The first-order chi connectivity index (χ1) is 9.80. The minimum Gasteiger partial charge on any atom is -0.379 e. The van der Waals surface area contributed by atoms with Crippen molar-refractivity contribution < 1.29 is 4.74 Å². The molecule has 1 aromatic rings. The summed E-state index contributed by atoms with van der Waals surface area (Å²) in [5, 5.41) is 3.41. The zero-order valence-corrected chi connectivity index (χ0v) is 13.5. The smallest absolute Gasteiger partial charge is 0.0586 e. The first-order valence-corrected chi connectivity index (χ1v) is 8.35. The zero-order chi connectivity index (χ0) is 13.8. The molecular formula is C16H23BrN2O. The monoisotopic (exact) mass is 338 g/mol. The predicted molar refractivity (Wildman–Crippen MR) is 85.2 cm³/mol. The first-order valence-electron chi connectivity index (χ1n) is 7.56. The number of hydrogen-bond acceptors (Lipinski definition) is 3. The number of nitrogens with zero attached hydrogens (tertiary/aromatic N) is 1. The van der Waals surface area contributed by atoms with Crippen molar-refractivity contribution >= 4 is 15.9 Å². The van der Waals surface area contributed by atoms with Gasteiger partial charge in [0.2, 0.25) is 0 Å². The fourth-order valence-electron chi connectivity index (χ4n) is 3.25. The fourth-order valence-corrected chi connectivity index (χ4v) is 3.96. The van der Waals surface area contributed by atoms with E-state index in [9.17, 15) is 0 Å². The van der Waals surface area contributed by atoms with Crippen LogP contribution < -0.4 is 5.32 Å². The molecule has 1 aromatic carbocycles. The van der Waals surface area contributed by atoms with E-state index in [0.717, 1.165) is 26.3 Å². The molecule has 1 N–H and O–H groups in total. The van der Waals surface area contributed by atoms with Crippen molar-refractivity contribution in [3.63, 3.8) is 0 Å². The summed E-state index contributed by atoms with van der Waals surface area (Å²) in [7, 11) is 0. The maximum absolute atomic E-state index is 5.55. The molecule has 4 heteroatoms. The van der Waals surface area contributed by atoms with Crippen LogP contribution in [0.2, 0.25) is 0 Å². The molecule has 2 aliphatic rings. The highest BCUT2D eigenvalue weighted by Gasteiger charge is 2.40. The summed E-state index contributed by atoms with van der Waals surface area (Å²) in [5.41, 5.74) is 1.67. The molecule has 0 aromatic heterocycles. The summed E-state index contributed by atoms with van der Waals surface area (Å²) in [5.74, 6) is 0. The van der Waals surface area contributed by atoms with E-state index in [1.807, 2.05) is 0 Å². The molecule has 20 heavy (non-hydrogen) atoms. The molecular weight excluding hydrogens is 316 g/mol. The van der Waals surface area contributed by atoms with Crippen LogP contribution in [0.1, 0.15) is 18.4 Å². The average molecular weight is 339 g/mol.